The van der Waals surface area contributed by atoms with Crippen molar-refractivity contribution in [1.29, 1.82) is 0 Å². The maximum atomic E-state index is 12.9. The van der Waals surface area contributed by atoms with Gasteiger partial charge in [-0.1, -0.05) is 25.1 Å². The summed E-state index contributed by atoms with van der Waals surface area (Å²) < 4.78 is 5.91. The van der Waals surface area contributed by atoms with E-state index in [9.17, 15) is 9.59 Å². The third-order valence-corrected chi connectivity index (χ3v) is 5.37. The maximum absolute atomic E-state index is 12.9. The van der Waals surface area contributed by atoms with E-state index in [0.29, 0.717) is 25.4 Å². The van der Waals surface area contributed by atoms with E-state index in [4.69, 9.17) is 9.52 Å². The van der Waals surface area contributed by atoms with Crippen LogP contribution in [0.3, 0.4) is 0 Å². The first-order valence-electron chi connectivity index (χ1n) is 9.16. The molecule has 1 aromatic heterocycles. The second-order valence-corrected chi connectivity index (χ2v) is 6.99. The van der Waals surface area contributed by atoms with E-state index in [2.05, 4.69) is 0 Å². The number of benzene rings is 1. The van der Waals surface area contributed by atoms with Crippen molar-refractivity contribution in [2.24, 2.45) is 0 Å². The number of carboxylic acid groups (broad SMARTS) is 1. The Morgan fingerprint density at radius 2 is 1.96 bits per heavy atom. The zero-order valence-corrected chi connectivity index (χ0v) is 15.6. The fourth-order valence-electron chi connectivity index (χ4n) is 3.84. The molecule has 1 aromatic carbocycles. The normalized spacial score (nSPS) is 15.8. The monoisotopic (exact) mass is 358 g/mol. The van der Waals surface area contributed by atoms with Gasteiger partial charge in [-0.15, -0.1) is 0 Å². The van der Waals surface area contributed by atoms with Crippen molar-refractivity contribution >= 4 is 22.8 Å². The minimum absolute atomic E-state index is 0.0527. The lowest BCUT2D eigenvalue weighted by molar-refractivity contribution is -0.139. The van der Waals surface area contributed by atoms with Gasteiger partial charge in [0.1, 0.15) is 5.58 Å². The molecule has 2 aromatic rings. The highest BCUT2D eigenvalue weighted by molar-refractivity contribution is 5.99. The van der Waals surface area contributed by atoms with Crippen LogP contribution in [0.2, 0.25) is 0 Å². The number of likely N-dealkylation sites (N-methyl/N-ethyl adjacent to an activating group) is 1. The Labute approximate surface area is 153 Å². The number of fused-ring (bicyclic) bond motifs is 1. The fraction of sp³-hybridized carbons (Fsp3) is 0.500. The number of para-hydroxylation sites is 1. The van der Waals surface area contributed by atoms with Crippen molar-refractivity contribution in [3.63, 3.8) is 0 Å². The summed E-state index contributed by atoms with van der Waals surface area (Å²) in [5, 5.41) is 10.0. The van der Waals surface area contributed by atoms with E-state index in [-0.39, 0.29) is 18.5 Å². The largest absolute Gasteiger partial charge is 0.480 e. The molecule has 1 saturated heterocycles. The zero-order valence-electron chi connectivity index (χ0n) is 15.6. The van der Waals surface area contributed by atoms with Crippen molar-refractivity contribution in [3.8, 4) is 0 Å². The lowest BCUT2D eigenvalue weighted by Gasteiger charge is -2.37. The molecule has 0 radical (unpaired) electrons. The van der Waals surface area contributed by atoms with Crippen molar-refractivity contribution in [2.75, 3.05) is 26.2 Å². The Balaban J connectivity index is 1.72. The summed E-state index contributed by atoms with van der Waals surface area (Å²) in [7, 11) is 0. The molecule has 2 heterocycles. The third-order valence-electron chi connectivity index (χ3n) is 5.37. The number of nitrogens with zero attached hydrogens (tertiary/aromatic N) is 2. The van der Waals surface area contributed by atoms with Crippen LogP contribution < -0.4 is 0 Å². The van der Waals surface area contributed by atoms with Crippen molar-refractivity contribution in [3.05, 3.63) is 35.1 Å². The average molecular weight is 358 g/mol. The Hall–Kier alpha value is -2.34. The van der Waals surface area contributed by atoms with Gasteiger partial charge in [-0.05, 0) is 38.8 Å². The van der Waals surface area contributed by atoms with Gasteiger partial charge in [-0.25, -0.2) is 0 Å². The standard InChI is InChI=1S/C20H26N2O4/c1-4-21(12-17(23)24)15-8-10-22(11-9-15)20(25)19-14(3)16-7-5-6-13(2)18(16)26-19/h5-7,15H,4,8-12H2,1-3H3,(H,23,24). The molecule has 0 unspecified atom stereocenters. The van der Waals surface area contributed by atoms with Gasteiger partial charge in [-0.2, -0.15) is 0 Å². The van der Waals surface area contributed by atoms with Crippen LogP contribution in [0, 0.1) is 13.8 Å². The Morgan fingerprint density at radius 3 is 2.54 bits per heavy atom. The van der Waals surface area contributed by atoms with Crippen LogP contribution in [0.1, 0.15) is 41.4 Å². The van der Waals surface area contributed by atoms with Gasteiger partial charge in [-0.3, -0.25) is 14.5 Å². The van der Waals surface area contributed by atoms with E-state index in [1.807, 2.05) is 48.8 Å². The molecule has 3 rings (SSSR count). The Bertz CT molecular complexity index is 819. The topological polar surface area (TPSA) is 74.0 Å². The first-order chi connectivity index (χ1) is 12.4. The summed E-state index contributed by atoms with van der Waals surface area (Å²) in [6.07, 6.45) is 1.57. The van der Waals surface area contributed by atoms with Crippen molar-refractivity contribution in [2.45, 2.75) is 39.7 Å². The molecule has 1 amide bonds. The maximum Gasteiger partial charge on any atom is 0.317 e. The summed E-state index contributed by atoms with van der Waals surface area (Å²) in [5.74, 6) is -0.456. The molecule has 0 aliphatic carbocycles. The summed E-state index contributed by atoms with van der Waals surface area (Å²) in [6.45, 7) is 7.87. The first-order valence-corrected chi connectivity index (χ1v) is 9.16. The number of rotatable bonds is 5. The Kier molecular flexibility index (Phi) is 5.32. The molecular weight excluding hydrogens is 332 g/mol. The number of carboxylic acids is 1. The van der Waals surface area contributed by atoms with Crippen LogP contribution >= 0.6 is 0 Å². The van der Waals surface area contributed by atoms with Crippen molar-refractivity contribution < 1.29 is 19.1 Å². The van der Waals surface area contributed by atoms with E-state index in [1.54, 1.807) is 0 Å². The number of amides is 1. The number of piperidine rings is 1. The summed E-state index contributed by atoms with van der Waals surface area (Å²) in [5.41, 5.74) is 2.69. The second-order valence-electron chi connectivity index (χ2n) is 6.99. The van der Waals surface area contributed by atoms with Gasteiger partial charge in [0.25, 0.3) is 5.91 Å². The molecule has 140 valence electrons. The van der Waals surface area contributed by atoms with Crippen molar-refractivity contribution in [1.82, 2.24) is 9.80 Å². The van der Waals surface area contributed by atoms with Gasteiger partial charge in [0.2, 0.25) is 0 Å². The molecule has 0 atom stereocenters. The van der Waals surface area contributed by atoms with Gasteiger partial charge >= 0.3 is 5.97 Å². The lowest BCUT2D eigenvalue weighted by atomic mass is 10.0. The average Bonchev–Trinajstić information content (AvgIpc) is 2.97. The summed E-state index contributed by atoms with van der Waals surface area (Å²) in [4.78, 5) is 27.7. The predicted octanol–water partition coefficient (Wildman–Crippen LogP) is 3.06. The van der Waals surface area contributed by atoms with E-state index in [1.165, 1.54) is 0 Å². The number of hydrogen-bond donors (Lipinski definition) is 1. The summed E-state index contributed by atoms with van der Waals surface area (Å²) >= 11 is 0. The number of likely N-dealkylation sites (tertiary alicyclic amines) is 1. The molecule has 1 aliphatic rings. The van der Waals surface area contributed by atoms with Crippen LogP contribution in [0.25, 0.3) is 11.0 Å². The highest BCUT2D eigenvalue weighted by Crippen LogP contribution is 2.29. The SMILES string of the molecule is CCN(CC(=O)O)C1CCN(C(=O)c2oc3c(C)cccc3c2C)CC1. The number of aliphatic carboxylic acids is 1. The van der Waals surface area contributed by atoms with Crippen LogP contribution in [0.5, 0.6) is 0 Å². The minimum Gasteiger partial charge on any atom is -0.480 e. The molecule has 6 heteroatoms. The molecular formula is C20H26N2O4. The van der Waals surface area contributed by atoms with E-state index in [0.717, 1.165) is 34.9 Å². The fourth-order valence-corrected chi connectivity index (χ4v) is 3.84. The molecule has 26 heavy (non-hydrogen) atoms. The Morgan fingerprint density at radius 1 is 1.27 bits per heavy atom. The predicted molar refractivity (Wildman–Crippen MR) is 99.5 cm³/mol. The summed E-state index contributed by atoms with van der Waals surface area (Å²) in [6, 6.07) is 6.14. The number of carbonyl (C=O) groups is 2. The minimum atomic E-state index is -0.807. The second kappa shape index (κ2) is 7.50. The number of carbonyl (C=O) groups excluding carboxylic acids is 1. The molecule has 6 nitrogen and oxygen atoms in total. The number of hydrogen-bond acceptors (Lipinski definition) is 4. The van der Waals surface area contributed by atoms with E-state index >= 15 is 0 Å². The quantitative estimate of drug-likeness (QED) is 0.889. The first kappa shape index (κ1) is 18.5. The lowest BCUT2D eigenvalue weighted by Crippen LogP contribution is -2.48. The highest BCUT2D eigenvalue weighted by Gasteiger charge is 2.30. The number of aryl methyl sites for hydroxylation is 2. The van der Waals surface area contributed by atoms with E-state index < -0.39 is 5.97 Å². The van der Waals surface area contributed by atoms with Gasteiger partial charge in [0.15, 0.2) is 5.76 Å². The molecule has 0 saturated carbocycles. The zero-order chi connectivity index (χ0) is 18.8. The van der Waals surface area contributed by atoms with Crippen LogP contribution in [-0.4, -0.2) is 59.0 Å². The molecule has 1 N–H and O–H groups in total. The molecule has 0 bridgehead atoms. The van der Waals surface area contributed by atoms with Crippen LogP contribution in [0.4, 0.5) is 0 Å². The molecule has 0 spiro atoms. The van der Waals surface area contributed by atoms with Crippen LogP contribution in [0.15, 0.2) is 22.6 Å². The smallest absolute Gasteiger partial charge is 0.317 e. The van der Waals surface area contributed by atoms with Gasteiger partial charge < -0.3 is 14.4 Å². The third kappa shape index (κ3) is 3.46. The van der Waals surface area contributed by atoms with Gasteiger partial charge in [0, 0.05) is 30.1 Å². The van der Waals surface area contributed by atoms with Gasteiger partial charge in [0.05, 0.1) is 6.54 Å². The number of furan rings is 1. The molecule has 1 aliphatic heterocycles. The highest BCUT2D eigenvalue weighted by atomic mass is 16.4. The van der Waals surface area contributed by atoms with Crippen LogP contribution in [-0.2, 0) is 4.79 Å². The molecule has 1 fully saturated rings.